The summed E-state index contributed by atoms with van der Waals surface area (Å²) in [5.74, 6) is 1.23. The largest absolute Gasteiger partial charge is 0.368 e. The molecule has 1 saturated heterocycles. The Balaban J connectivity index is 1.48. The lowest BCUT2D eigenvalue weighted by molar-refractivity contribution is 0.621. The number of halogens is 1. The third kappa shape index (κ3) is 4.29. The number of piperazine rings is 1. The highest BCUT2D eigenvalue weighted by Crippen LogP contribution is 2.25. The average molecular weight is 392 g/mol. The first-order valence-corrected chi connectivity index (χ1v) is 9.93. The van der Waals surface area contributed by atoms with E-state index >= 15 is 0 Å². The Bertz CT molecular complexity index is 954. The number of aryl methyl sites for hydroxylation is 1. The van der Waals surface area contributed by atoms with Crippen LogP contribution in [0.2, 0.25) is 0 Å². The van der Waals surface area contributed by atoms with Crippen LogP contribution in [0.3, 0.4) is 0 Å². The Labute approximate surface area is 170 Å². The van der Waals surface area contributed by atoms with Gasteiger partial charge in [-0.1, -0.05) is 12.1 Å². The summed E-state index contributed by atoms with van der Waals surface area (Å²) in [6.45, 7) is 8.22. The molecule has 1 fully saturated rings. The number of hydrogen-bond donors (Lipinski definition) is 0. The Morgan fingerprint density at radius 2 is 1.72 bits per heavy atom. The van der Waals surface area contributed by atoms with Crippen molar-refractivity contribution < 1.29 is 4.39 Å². The molecule has 150 valence electrons. The third-order valence-electron chi connectivity index (χ3n) is 5.20. The summed E-state index contributed by atoms with van der Waals surface area (Å²) in [5, 5.41) is 8.48. The summed E-state index contributed by atoms with van der Waals surface area (Å²) >= 11 is 0. The van der Waals surface area contributed by atoms with Gasteiger partial charge in [0.05, 0.1) is 6.20 Å². The minimum Gasteiger partial charge on any atom is -0.368 e. The van der Waals surface area contributed by atoms with Crippen molar-refractivity contribution >= 4 is 23.1 Å². The van der Waals surface area contributed by atoms with Gasteiger partial charge in [-0.3, -0.25) is 0 Å². The van der Waals surface area contributed by atoms with Crippen LogP contribution >= 0.6 is 0 Å². The van der Waals surface area contributed by atoms with Gasteiger partial charge in [0.15, 0.2) is 5.82 Å². The highest BCUT2D eigenvalue weighted by atomic mass is 19.1. The minimum atomic E-state index is -0.210. The van der Waals surface area contributed by atoms with Crippen LogP contribution in [0, 0.1) is 12.7 Å². The van der Waals surface area contributed by atoms with Crippen molar-refractivity contribution in [2.24, 2.45) is 0 Å². The number of rotatable bonds is 5. The van der Waals surface area contributed by atoms with E-state index < -0.39 is 0 Å². The van der Waals surface area contributed by atoms with E-state index in [1.165, 1.54) is 17.7 Å². The van der Waals surface area contributed by atoms with Gasteiger partial charge < -0.3 is 14.7 Å². The molecule has 3 aromatic rings. The fourth-order valence-electron chi connectivity index (χ4n) is 3.64. The molecule has 1 aliphatic rings. The van der Waals surface area contributed by atoms with Gasteiger partial charge in [-0.05, 0) is 55.8 Å². The maximum Gasteiger partial charge on any atom is 0.247 e. The number of benzene rings is 2. The molecular formula is C22H25FN6. The zero-order valence-corrected chi connectivity index (χ0v) is 16.8. The summed E-state index contributed by atoms with van der Waals surface area (Å²) in [5.41, 5.74) is 3.34. The van der Waals surface area contributed by atoms with Crippen molar-refractivity contribution in [2.75, 3.05) is 47.4 Å². The van der Waals surface area contributed by atoms with E-state index in [2.05, 4.69) is 63.0 Å². The molecule has 2 heterocycles. The van der Waals surface area contributed by atoms with Crippen molar-refractivity contribution in [3.05, 3.63) is 66.1 Å². The van der Waals surface area contributed by atoms with Gasteiger partial charge in [-0.15, -0.1) is 5.10 Å². The Morgan fingerprint density at radius 1 is 1.00 bits per heavy atom. The van der Waals surface area contributed by atoms with Crippen molar-refractivity contribution in [2.45, 2.75) is 13.8 Å². The molecule has 7 heteroatoms. The summed E-state index contributed by atoms with van der Waals surface area (Å²) in [6.07, 6.45) is 1.71. The zero-order chi connectivity index (χ0) is 20.2. The zero-order valence-electron chi connectivity index (χ0n) is 16.8. The number of anilines is 4. The van der Waals surface area contributed by atoms with Gasteiger partial charge in [-0.2, -0.15) is 10.1 Å². The molecular weight excluding hydrogens is 367 g/mol. The molecule has 4 rings (SSSR count). The molecule has 1 aliphatic heterocycles. The molecule has 0 radical (unpaired) electrons. The van der Waals surface area contributed by atoms with Crippen molar-refractivity contribution in [3.8, 4) is 0 Å². The molecule has 0 unspecified atom stereocenters. The van der Waals surface area contributed by atoms with Gasteiger partial charge in [0.25, 0.3) is 0 Å². The highest BCUT2D eigenvalue weighted by molar-refractivity contribution is 5.61. The normalized spacial score (nSPS) is 14.2. The van der Waals surface area contributed by atoms with Gasteiger partial charge >= 0.3 is 0 Å². The van der Waals surface area contributed by atoms with E-state index in [1.54, 1.807) is 6.20 Å². The van der Waals surface area contributed by atoms with E-state index in [1.807, 2.05) is 12.1 Å². The fourth-order valence-corrected chi connectivity index (χ4v) is 3.64. The molecule has 29 heavy (non-hydrogen) atoms. The first-order chi connectivity index (χ1) is 14.1. The van der Waals surface area contributed by atoms with Crippen molar-refractivity contribution in [1.82, 2.24) is 15.2 Å². The topological polar surface area (TPSA) is 48.4 Å². The molecule has 0 N–H and O–H groups in total. The maximum absolute atomic E-state index is 13.2. The smallest absolute Gasteiger partial charge is 0.247 e. The molecule has 2 aromatic carbocycles. The van der Waals surface area contributed by atoms with Crippen LogP contribution in [0.1, 0.15) is 12.5 Å². The monoisotopic (exact) mass is 392 g/mol. The molecule has 6 nitrogen and oxygen atoms in total. The van der Waals surface area contributed by atoms with Crippen molar-refractivity contribution in [1.29, 1.82) is 0 Å². The fraction of sp³-hybridized carbons (Fsp3) is 0.318. The second kappa shape index (κ2) is 8.43. The van der Waals surface area contributed by atoms with Crippen molar-refractivity contribution in [3.63, 3.8) is 0 Å². The van der Waals surface area contributed by atoms with Gasteiger partial charge in [0, 0.05) is 44.1 Å². The average Bonchev–Trinajstić information content (AvgIpc) is 2.75. The first-order valence-electron chi connectivity index (χ1n) is 9.93. The van der Waals surface area contributed by atoms with Gasteiger partial charge in [0.1, 0.15) is 5.82 Å². The van der Waals surface area contributed by atoms with E-state index in [0.717, 1.165) is 49.9 Å². The molecule has 1 aromatic heterocycles. The molecule has 0 atom stereocenters. The summed E-state index contributed by atoms with van der Waals surface area (Å²) in [6, 6.07) is 15.0. The molecule has 0 saturated carbocycles. The van der Waals surface area contributed by atoms with Crippen LogP contribution in [0.4, 0.5) is 27.5 Å². The highest BCUT2D eigenvalue weighted by Gasteiger charge is 2.21. The summed E-state index contributed by atoms with van der Waals surface area (Å²) in [7, 11) is 0. The standard InChI is InChI=1S/C22H25FN6/c1-3-29(20-6-4-5-17(2)15-20)21-16-24-26-22(25-21)28-13-11-27(12-14-28)19-9-7-18(23)8-10-19/h4-10,15-16H,3,11-14H2,1-2H3. The number of nitrogens with zero attached hydrogens (tertiary/aromatic N) is 6. The Kier molecular flexibility index (Phi) is 5.55. The van der Waals surface area contributed by atoms with E-state index in [-0.39, 0.29) is 5.82 Å². The SMILES string of the molecule is CCN(c1cccc(C)c1)c1cnnc(N2CCN(c3ccc(F)cc3)CC2)n1. The van der Waals surface area contributed by atoms with E-state index in [0.29, 0.717) is 5.95 Å². The van der Waals surface area contributed by atoms with Gasteiger partial charge in [-0.25, -0.2) is 4.39 Å². The van der Waals surface area contributed by atoms with Crippen LogP contribution in [0.25, 0.3) is 0 Å². The third-order valence-corrected chi connectivity index (χ3v) is 5.20. The molecule has 0 aliphatic carbocycles. The Morgan fingerprint density at radius 3 is 2.41 bits per heavy atom. The minimum absolute atomic E-state index is 0.210. The first kappa shape index (κ1) is 19.1. The molecule has 0 amide bonds. The van der Waals surface area contributed by atoms with E-state index in [4.69, 9.17) is 4.98 Å². The summed E-state index contributed by atoms with van der Waals surface area (Å²) in [4.78, 5) is 11.3. The second-order valence-electron chi connectivity index (χ2n) is 7.15. The Hall–Kier alpha value is -3.22. The predicted molar refractivity (Wildman–Crippen MR) is 115 cm³/mol. The maximum atomic E-state index is 13.2. The van der Waals surface area contributed by atoms with Crippen LogP contribution < -0.4 is 14.7 Å². The lowest BCUT2D eigenvalue weighted by Crippen LogP contribution is -2.47. The number of hydrogen-bond acceptors (Lipinski definition) is 6. The molecule has 0 spiro atoms. The summed E-state index contributed by atoms with van der Waals surface area (Å²) < 4.78 is 13.2. The van der Waals surface area contributed by atoms with E-state index in [9.17, 15) is 4.39 Å². The molecule has 0 bridgehead atoms. The second-order valence-corrected chi connectivity index (χ2v) is 7.15. The van der Waals surface area contributed by atoms with Crippen LogP contribution in [-0.2, 0) is 0 Å². The van der Waals surface area contributed by atoms with Gasteiger partial charge in [0.2, 0.25) is 5.95 Å². The quantitative estimate of drug-likeness (QED) is 0.658. The van der Waals surface area contributed by atoms with Crippen LogP contribution in [0.5, 0.6) is 0 Å². The lowest BCUT2D eigenvalue weighted by atomic mass is 10.2. The lowest BCUT2D eigenvalue weighted by Gasteiger charge is -2.36. The predicted octanol–water partition coefficient (Wildman–Crippen LogP) is 3.80. The van der Waals surface area contributed by atoms with Crippen LogP contribution in [0.15, 0.2) is 54.7 Å². The van der Waals surface area contributed by atoms with Crippen LogP contribution in [-0.4, -0.2) is 47.9 Å². The number of aromatic nitrogens is 3.